The van der Waals surface area contributed by atoms with Crippen LogP contribution in [0.5, 0.6) is 0 Å². The van der Waals surface area contributed by atoms with E-state index in [1.54, 1.807) is 0 Å². The Hall–Kier alpha value is -0.530. The predicted molar refractivity (Wildman–Crippen MR) is 57.1 cm³/mol. The smallest absolute Gasteiger partial charge is 0.306 e. The third kappa shape index (κ3) is 3.69. The van der Waals surface area contributed by atoms with Gasteiger partial charge in [0.05, 0.1) is 13.0 Å². The Morgan fingerprint density at radius 2 is 2.00 bits per heavy atom. The molecular weight excluding hydrogens is 176 g/mol. The molecule has 0 spiro atoms. The van der Waals surface area contributed by atoms with Crippen LogP contribution in [0, 0.1) is 5.41 Å². The Morgan fingerprint density at radius 1 is 1.29 bits per heavy atom. The van der Waals surface area contributed by atoms with Crippen molar-refractivity contribution in [3.63, 3.8) is 0 Å². The van der Waals surface area contributed by atoms with Gasteiger partial charge in [0.1, 0.15) is 0 Å². The fraction of sp³-hybridized carbons (Fsp3) is 0.917. The molecule has 1 aliphatic rings. The van der Waals surface area contributed by atoms with Crippen molar-refractivity contribution in [1.82, 2.24) is 0 Å². The third-order valence-corrected chi connectivity index (χ3v) is 3.09. The lowest BCUT2D eigenvalue weighted by atomic mass is 9.95. The standard InChI is InChI=1S/C12H22O2/c1-3-5-6-7-12(8-9-12)10-11(13)14-4-2/h3-10H2,1-2H3. The Bertz CT molecular complexity index is 183. The van der Waals surface area contributed by atoms with Crippen LogP contribution in [-0.2, 0) is 9.53 Å². The molecule has 0 atom stereocenters. The summed E-state index contributed by atoms with van der Waals surface area (Å²) in [5, 5.41) is 0. The van der Waals surface area contributed by atoms with Gasteiger partial charge in [-0.05, 0) is 31.6 Å². The predicted octanol–water partition coefficient (Wildman–Crippen LogP) is 3.30. The molecule has 0 amide bonds. The van der Waals surface area contributed by atoms with Gasteiger partial charge in [0.25, 0.3) is 0 Å². The fourth-order valence-electron chi connectivity index (χ4n) is 1.96. The molecule has 0 aliphatic heterocycles. The zero-order valence-corrected chi connectivity index (χ0v) is 9.47. The Balaban J connectivity index is 2.18. The van der Waals surface area contributed by atoms with Crippen LogP contribution in [-0.4, -0.2) is 12.6 Å². The minimum Gasteiger partial charge on any atom is -0.466 e. The van der Waals surface area contributed by atoms with Crippen molar-refractivity contribution in [1.29, 1.82) is 0 Å². The van der Waals surface area contributed by atoms with Crippen molar-refractivity contribution in [2.24, 2.45) is 5.41 Å². The highest BCUT2D eigenvalue weighted by atomic mass is 16.5. The maximum Gasteiger partial charge on any atom is 0.306 e. The average Bonchev–Trinajstić information content (AvgIpc) is 2.86. The van der Waals surface area contributed by atoms with E-state index in [9.17, 15) is 4.79 Å². The molecular formula is C12H22O2. The monoisotopic (exact) mass is 198 g/mol. The Kier molecular flexibility index (Phi) is 4.43. The molecule has 1 fully saturated rings. The van der Waals surface area contributed by atoms with E-state index in [-0.39, 0.29) is 5.97 Å². The lowest BCUT2D eigenvalue weighted by Crippen LogP contribution is -2.12. The minimum absolute atomic E-state index is 0.00139. The van der Waals surface area contributed by atoms with Crippen LogP contribution in [0.25, 0.3) is 0 Å². The second-order valence-electron chi connectivity index (χ2n) is 4.44. The molecule has 0 aromatic carbocycles. The van der Waals surface area contributed by atoms with Crippen molar-refractivity contribution in [3.8, 4) is 0 Å². The number of carbonyl (C=O) groups is 1. The van der Waals surface area contributed by atoms with Crippen LogP contribution in [0.15, 0.2) is 0 Å². The number of hydrogen-bond donors (Lipinski definition) is 0. The van der Waals surface area contributed by atoms with E-state index >= 15 is 0 Å². The molecule has 0 aromatic rings. The SMILES string of the molecule is CCCCCC1(CC(=O)OCC)CC1. The van der Waals surface area contributed by atoms with E-state index in [1.165, 1.54) is 38.5 Å². The fourth-order valence-corrected chi connectivity index (χ4v) is 1.96. The first-order valence-corrected chi connectivity index (χ1v) is 5.88. The zero-order valence-electron chi connectivity index (χ0n) is 9.47. The first-order valence-electron chi connectivity index (χ1n) is 5.88. The summed E-state index contributed by atoms with van der Waals surface area (Å²) >= 11 is 0. The van der Waals surface area contributed by atoms with Crippen LogP contribution < -0.4 is 0 Å². The lowest BCUT2D eigenvalue weighted by Gasteiger charge is -2.13. The van der Waals surface area contributed by atoms with Crippen molar-refractivity contribution < 1.29 is 9.53 Å². The second-order valence-corrected chi connectivity index (χ2v) is 4.44. The lowest BCUT2D eigenvalue weighted by molar-refractivity contribution is -0.144. The molecule has 1 saturated carbocycles. The van der Waals surface area contributed by atoms with E-state index in [4.69, 9.17) is 4.74 Å². The van der Waals surface area contributed by atoms with Crippen LogP contribution in [0.3, 0.4) is 0 Å². The van der Waals surface area contributed by atoms with Gasteiger partial charge in [0, 0.05) is 0 Å². The van der Waals surface area contributed by atoms with Crippen molar-refractivity contribution in [3.05, 3.63) is 0 Å². The van der Waals surface area contributed by atoms with Gasteiger partial charge in [-0.1, -0.05) is 26.2 Å². The van der Waals surface area contributed by atoms with Gasteiger partial charge in [0.2, 0.25) is 0 Å². The van der Waals surface area contributed by atoms with Crippen LogP contribution in [0.4, 0.5) is 0 Å². The van der Waals surface area contributed by atoms with Gasteiger partial charge in [-0.2, -0.15) is 0 Å². The largest absolute Gasteiger partial charge is 0.466 e. The van der Waals surface area contributed by atoms with Crippen molar-refractivity contribution in [2.75, 3.05) is 6.61 Å². The number of ether oxygens (including phenoxy) is 1. The van der Waals surface area contributed by atoms with Gasteiger partial charge in [-0.15, -0.1) is 0 Å². The average molecular weight is 198 g/mol. The van der Waals surface area contributed by atoms with Crippen LogP contribution >= 0.6 is 0 Å². The van der Waals surface area contributed by atoms with E-state index in [0.29, 0.717) is 18.4 Å². The summed E-state index contributed by atoms with van der Waals surface area (Å²) in [6, 6.07) is 0. The maximum atomic E-state index is 11.3. The number of rotatable bonds is 7. The second kappa shape index (κ2) is 5.38. The highest BCUT2D eigenvalue weighted by molar-refractivity contribution is 5.70. The molecule has 2 nitrogen and oxygen atoms in total. The number of esters is 1. The summed E-state index contributed by atoms with van der Waals surface area (Å²) in [6.45, 7) is 4.60. The quantitative estimate of drug-likeness (QED) is 0.463. The van der Waals surface area contributed by atoms with Crippen molar-refractivity contribution >= 4 is 5.97 Å². The molecule has 0 heterocycles. The number of unbranched alkanes of at least 4 members (excludes halogenated alkanes) is 2. The molecule has 0 unspecified atom stereocenters. The summed E-state index contributed by atoms with van der Waals surface area (Å²) in [4.78, 5) is 11.3. The summed E-state index contributed by atoms with van der Waals surface area (Å²) in [7, 11) is 0. The third-order valence-electron chi connectivity index (χ3n) is 3.09. The zero-order chi connectivity index (χ0) is 10.4. The molecule has 0 N–H and O–H groups in total. The van der Waals surface area contributed by atoms with E-state index in [0.717, 1.165) is 0 Å². The first kappa shape index (κ1) is 11.5. The van der Waals surface area contributed by atoms with E-state index in [1.807, 2.05) is 6.92 Å². The summed E-state index contributed by atoms with van der Waals surface area (Å²) < 4.78 is 4.99. The van der Waals surface area contributed by atoms with Gasteiger partial charge >= 0.3 is 5.97 Å². The number of hydrogen-bond acceptors (Lipinski definition) is 2. The van der Waals surface area contributed by atoms with Gasteiger partial charge in [0.15, 0.2) is 0 Å². The Labute approximate surface area is 87.0 Å². The van der Waals surface area contributed by atoms with E-state index < -0.39 is 0 Å². The highest BCUT2D eigenvalue weighted by Crippen LogP contribution is 2.53. The molecule has 14 heavy (non-hydrogen) atoms. The van der Waals surface area contributed by atoms with Gasteiger partial charge in [-0.3, -0.25) is 4.79 Å². The highest BCUT2D eigenvalue weighted by Gasteiger charge is 2.43. The Morgan fingerprint density at radius 3 is 2.50 bits per heavy atom. The summed E-state index contributed by atoms with van der Waals surface area (Å²) in [5.41, 5.74) is 0.349. The van der Waals surface area contributed by atoms with Crippen LogP contribution in [0.1, 0.15) is 58.8 Å². The summed E-state index contributed by atoms with van der Waals surface area (Å²) in [6.07, 6.45) is 8.17. The maximum absolute atomic E-state index is 11.3. The van der Waals surface area contributed by atoms with Crippen LogP contribution in [0.2, 0.25) is 0 Å². The molecule has 0 saturated heterocycles. The van der Waals surface area contributed by atoms with Gasteiger partial charge in [-0.25, -0.2) is 0 Å². The molecule has 82 valence electrons. The minimum atomic E-state index is 0.00139. The van der Waals surface area contributed by atoms with E-state index in [2.05, 4.69) is 6.92 Å². The molecule has 1 rings (SSSR count). The first-order chi connectivity index (χ1) is 6.72. The molecule has 0 bridgehead atoms. The van der Waals surface area contributed by atoms with Crippen molar-refractivity contribution in [2.45, 2.75) is 58.8 Å². The molecule has 2 heteroatoms. The van der Waals surface area contributed by atoms with Gasteiger partial charge < -0.3 is 4.74 Å². The molecule has 0 aromatic heterocycles. The number of carbonyl (C=O) groups excluding carboxylic acids is 1. The molecule has 0 radical (unpaired) electrons. The topological polar surface area (TPSA) is 26.3 Å². The summed E-state index contributed by atoms with van der Waals surface area (Å²) in [5.74, 6) is 0.00139. The molecule has 1 aliphatic carbocycles. The normalized spacial score (nSPS) is 17.9.